The van der Waals surface area contributed by atoms with Gasteiger partial charge in [0, 0.05) is 31.6 Å². The van der Waals surface area contributed by atoms with Crippen LogP contribution in [0, 0.1) is 0 Å². The fourth-order valence-electron chi connectivity index (χ4n) is 3.56. The molecule has 2 aromatic rings. The Labute approximate surface area is 164 Å². The zero-order chi connectivity index (χ0) is 19.3. The summed E-state index contributed by atoms with van der Waals surface area (Å²) in [5, 5.41) is 10.1. The van der Waals surface area contributed by atoms with Gasteiger partial charge in [0.2, 0.25) is 0 Å². The highest BCUT2D eigenvalue weighted by Crippen LogP contribution is 2.29. The third-order valence-corrected chi connectivity index (χ3v) is 5.67. The molecule has 5 heteroatoms. The Morgan fingerprint density at radius 3 is 2.44 bits per heavy atom. The lowest BCUT2D eigenvalue weighted by Crippen LogP contribution is -2.55. The van der Waals surface area contributed by atoms with E-state index in [0.29, 0.717) is 37.9 Å². The van der Waals surface area contributed by atoms with E-state index in [-0.39, 0.29) is 12.3 Å². The van der Waals surface area contributed by atoms with Crippen molar-refractivity contribution in [1.29, 1.82) is 0 Å². The van der Waals surface area contributed by atoms with Gasteiger partial charge < -0.3 is 10.0 Å². The molecular weight excluding hydrogens is 365 g/mol. The number of hydrogen-bond acceptors (Lipinski definition) is 3. The van der Waals surface area contributed by atoms with Gasteiger partial charge in [0.15, 0.2) is 5.78 Å². The molecule has 0 radical (unpaired) electrons. The molecule has 3 rings (SSSR count). The number of rotatable bonds is 7. The highest BCUT2D eigenvalue weighted by atomic mass is 35.5. The van der Waals surface area contributed by atoms with Crippen molar-refractivity contribution < 1.29 is 14.3 Å². The fraction of sp³-hybridized carbons (Fsp3) is 0.409. The fourth-order valence-corrected chi connectivity index (χ4v) is 3.78. The summed E-state index contributed by atoms with van der Waals surface area (Å²) in [6, 6.07) is 18.5. The Morgan fingerprint density at radius 1 is 1.19 bits per heavy atom. The number of nitrogens with zero attached hydrogens (tertiary/aromatic N) is 1. The van der Waals surface area contributed by atoms with Crippen LogP contribution in [0.25, 0.3) is 0 Å². The van der Waals surface area contributed by atoms with Crippen molar-refractivity contribution >= 4 is 17.4 Å². The smallest absolute Gasteiger partial charge is 0.180 e. The van der Waals surface area contributed by atoms with E-state index in [0.717, 1.165) is 5.56 Å². The number of piperidine rings is 1. The highest BCUT2D eigenvalue weighted by Gasteiger charge is 2.42. The maximum absolute atomic E-state index is 14.7. The Bertz CT molecular complexity index is 742. The van der Waals surface area contributed by atoms with Gasteiger partial charge in [0.25, 0.3) is 0 Å². The standard InChI is InChI=1S/C22H25ClFNO2/c23-19(21(26)18-9-5-2-6-10-18)11-13-25-14-12-22(27,20(24)16-25)15-17-7-3-1-4-8-17/h1-10,19-20,27H,11-16H2. The number of aliphatic hydroxyl groups is 1. The first-order chi connectivity index (χ1) is 13.0. The average molecular weight is 390 g/mol. The molecule has 0 amide bonds. The number of ketones is 1. The summed E-state index contributed by atoms with van der Waals surface area (Å²) in [6.45, 7) is 1.29. The van der Waals surface area contributed by atoms with Crippen LogP contribution in [-0.2, 0) is 6.42 Å². The Kier molecular flexibility index (Phi) is 6.64. The summed E-state index contributed by atoms with van der Waals surface area (Å²) in [5.74, 6) is -0.105. The lowest BCUT2D eigenvalue weighted by molar-refractivity contribution is -0.0839. The maximum atomic E-state index is 14.7. The normalized spacial score (nSPS) is 24.5. The molecule has 3 atom stereocenters. The summed E-state index contributed by atoms with van der Waals surface area (Å²) in [6.07, 6.45) is -0.194. The summed E-state index contributed by atoms with van der Waals surface area (Å²) in [7, 11) is 0. The lowest BCUT2D eigenvalue weighted by atomic mass is 9.84. The van der Waals surface area contributed by atoms with Crippen molar-refractivity contribution in [2.75, 3.05) is 19.6 Å². The first-order valence-corrected chi connectivity index (χ1v) is 9.78. The van der Waals surface area contributed by atoms with Gasteiger partial charge in [0.05, 0.1) is 5.38 Å². The summed E-state index contributed by atoms with van der Waals surface area (Å²) in [5.41, 5.74) is 0.195. The Morgan fingerprint density at radius 2 is 1.81 bits per heavy atom. The minimum atomic E-state index is -1.34. The van der Waals surface area contributed by atoms with E-state index in [1.807, 2.05) is 53.4 Å². The molecule has 1 N–H and O–H groups in total. The molecular formula is C22H25ClFNO2. The second kappa shape index (κ2) is 8.96. The first kappa shape index (κ1) is 20.0. The van der Waals surface area contributed by atoms with Crippen molar-refractivity contribution in [3.8, 4) is 0 Å². The molecule has 144 valence electrons. The van der Waals surface area contributed by atoms with Gasteiger partial charge in [-0.3, -0.25) is 4.79 Å². The molecule has 3 nitrogen and oxygen atoms in total. The van der Waals surface area contributed by atoms with E-state index in [1.54, 1.807) is 12.1 Å². The van der Waals surface area contributed by atoms with Crippen LogP contribution in [0.2, 0.25) is 0 Å². The monoisotopic (exact) mass is 389 g/mol. The van der Waals surface area contributed by atoms with E-state index in [4.69, 9.17) is 11.6 Å². The number of carbonyl (C=O) groups excluding carboxylic acids is 1. The molecule has 0 aromatic heterocycles. The number of hydrogen-bond donors (Lipinski definition) is 1. The predicted molar refractivity (Wildman–Crippen MR) is 106 cm³/mol. The summed E-state index contributed by atoms with van der Waals surface area (Å²) >= 11 is 6.27. The van der Waals surface area contributed by atoms with Crippen LogP contribution in [0.1, 0.15) is 28.8 Å². The van der Waals surface area contributed by atoms with Gasteiger partial charge in [-0.2, -0.15) is 0 Å². The number of benzene rings is 2. The van der Waals surface area contributed by atoms with E-state index in [2.05, 4.69) is 0 Å². The van der Waals surface area contributed by atoms with Gasteiger partial charge in [-0.05, 0) is 18.4 Å². The molecule has 0 bridgehead atoms. The van der Waals surface area contributed by atoms with Crippen LogP contribution in [0.5, 0.6) is 0 Å². The number of Topliss-reactive ketones (excluding diaryl/α,β-unsaturated/α-hetero) is 1. The molecule has 1 aliphatic heterocycles. The Hall–Kier alpha value is -1.75. The molecule has 0 spiro atoms. The molecule has 3 unspecified atom stereocenters. The van der Waals surface area contributed by atoms with E-state index >= 15 is 0 Å². The average Bonchev–Trinajstić information content (AvgIpc) is 2.69. The number of likely N-dealkylation sites (tertiary alicyclic amines) is 1. The van der Waals surface area contributed by atoms with Crippen molar-refractivity contribution in [2.45, 2.75) is 36.4 Å². The topological polar surface area (TPSA) is 40.5 Å². The van der Waals surface area contributed by atoms with Crippen LogP contribution in [0.15, 0.2) is 60.7 Å². The lowest BCUT2D eigenvalue weighted by Gasteiger charge is -2.41. The van der Waals surface area contributed by atoms with Crippen molar-refractivity contribution in [3.05, 3.63) is 71.8 Å². The van der Waals surface area contributed by atoms with E-state index < -0.39 is 17.1 Å². The minimum Gasteiger partial charge on any atom is -0.386 e. The van der Waals surface area contributed by atoms with Crippen LogP contribution in [-0.4, -0.2) is 52.6 Å². The van der Waals surface area contributed by atoms with E-state index in [9.17, 15) is 14.3 Å². The molecule has 27 heavy (non-hydrogen) atoms. The van der Waals surface area contributed by atoms with Crippen LogP contribution in [0.4, 0.5) is 4.39 Å². The van der Waals surface area contributed by atoms with Crippen LogP contribution in [0.3, 0.4) is 0 Å². The predicted octanol–water partition coefficient (Wildman–Crippen LogP) is 3.88. The minimum absolute atomic E-state index is 0.105. The van der Waals surface area contributed by atoms with Gasteiger partial charge in [-0.1, -0.05) is 60.7 Å². The van der Waals surface area contributed by atoms with Crippen molar-refractivity contribution in [3.63, 3.8) is 0 Å². The van der Waals surface area contributed by atoms with Gasteiger partial charge in [0.1, 0.15) is 11.8 Å². The molecule has 1 fully saturated rings. The molecule has 1 heterocycles. The van der Waals surface area contributed by atoms with Crippen LogP contribution >= 0.6 is 11.6 Å². The van der Waals surface area contributed by atoms with Crippen molar-refractivity contribution in [1.82, 2.24) is 4.90 Å². The van der Waals surface area contributed by atoms with Gasteiger partial charge in [-0.25, -0.2) is 4.39 Å². The highest BCUT2D eigenvalue weighted by molar-refractivity contribution is 6.33. The zero-order valence-corrected chi connectivity index (χ0v) is 16.0. The quantitative estimate of drug-likeness (QED) is 0.577. The van der Waals surface area contributed by atoms with Crippen molar-refractivity contribution in [2.24, 2.45) is 0 Å². The summed E-state index contributed by atoms with van der Waals surface area (Å²) in [4.78, 5) is 14.3. The second-order valence-corrected chi connectivity index (χ2v) is 7.80. The molecule has 1 aliphatic rings. The largest absolute Gasteiger partial charge is 0.386 e. The Balaban J connectivity index is 1.50. The van der Waals surface area contributed by atoms with E-state index in [1.165, 1.54) is 0 Å². The first-order valence-electron chi connectivity index (χ1n) is 9.34. The maximum Gasteiger partial charge on any atom is 0.180 e. The third kappa shape index (κ3) is 5.16. The number of alkyl halides is 2. The molecule has 1 saturated heterocycles. The number of carbonyl (C=O) groups is 1. The SMILES string of the molecule is O=C(c1ccccc1)C(Cl)CCN1CCC(O)(Cc2ccccc2)C(F)C1. The molecule has 2 aromatic carbocycles. The number of halogens is 2. The zero-order valence-electron chi connectivity index (χ0n) is 15.2. The van der Waals surface area contributed by atoms with Crippen LogP contribution < -0.4 is 0 Å². The molecule has 0 aliphatic carbocycles. The second-order valence-electron chi connectivity index (χ2n) is 7.27. The van der Waals surface area contributed by atoms with Gasteiger partial charge >= 0.3 is 0 Å². The van der Waals surface area contributed by atoms with Gasteiger partial charge in [-0.15, -0.1) is 11.6 Å². The summed E-state index contributed by atoms with van der Waals surface area (Å²) < 4.78 is 14.7. The molecule has 0 saturated carbocycles. The third-order valence-electron chi connectivity index (χ3n) is 5.26.